The molecule has 21 heavy (non-hydrogen) atoms. The zero-order chi connectivity index (χ0) is 14.8. The summed E-state index contributed by atoms with van der Waals surface area (Å²) in [5, 5.41) is 1.37. The predicted octanol–water partition coefficient (Wildman–Crippen LogP) is 4.79. The lowest BCUT2D eigenvalue weighted by Crippen LogP contribution is -1.99. The van der Waals surface area contributed by atoms with Crippen LogP contribution in [0.4, 0.5) is 0 Å². The molecule has 0 aliphatic carbocycles. The second-order valence-electron chi connectivity index (χ2n) is 5.68. The Morgan fingerprint density at radius 1 is 1.10 bits per heavy atom. The average Bonchev–Trinajstić information content (AvgIpc) is 3.03. The molecule has 0 bridgehead atoms. The van der Waals surface area contributed by atoms with E-state index in [0.717, 1.165) is 25.8 Å². The van der Waals surface area contributed by atoms with Gasteiger partial charge in [0.25, 0.3) is 0 Å². The summed E-state index contributed by atoms with van der Waals surface area (Å²) >= 11 is 1.86. The number of thiophene rings is 1. The molecule has 110 valence electrons. The van der Waals surface area contributed by atoms with Crippen molar-refractivity contribution in [2.45, 2.75) is 33.1 Å². The van der Waals surface area contributed by atoms with Crippen molar-refractivity contribution in [3.8, 4) is 10.6 Å². The Hall–Kier alpha value is -1.58. The molecule has 0 aliphatic rings. The molecule has 0 unspecified atom stereocenters. The Bertz CT molecular complexity index is 752. The molecule has 0 saturated heterocycles. The molecular weight excluding hydrogens is 276 g/mol. The summed E-state index contributed by atoms with van der Waals surface area (Å²) in [5.41, 5.74) is 11.0. The highest BCUT2D eigenvalue weighted by Gasteiger charge is 2.14. The molecule has 3 rings (SSSR count). The van der Waals surface area contributed by atoms with Crippen LogP contribution in [0.1, 0.15) is 28.8 Å². The van der Waals surface area contributed by atoms with Gasteiger partial charge in [-0.25, -0.2) is 0 Å². The lowest BCUT2D eigenvalue weighted by Gasteiger charge is -2.03. The summed E-state index contributed by atoms with van der Waals surface area (Å²) in [4.78, 5) is 6.32. The molecule has 0 radical (unpaired) electrons. The van der Waals surface area contributed by atoms with Gasteiger partial charge in [0.05, 0.1) is 10.6 Å². The fraction of sp³-hybridized carbons (Fsp3) is 0.333. The molecule has 0 fully saturated rings. The molecule has 0 saturated carbocycles. The lowest BCUT2D eigenvalue weighted by atomic mass is 10.0. The summed E-state index contributed by atoms with van der Waals surface area (Å²) in [6.07, 6.45) is 3.32. The highest BCUT2D eigenvalue weighted by atomic mass is 32.1. The number of H-pyrrole nitrogens is 1. The molecule has 2 heterocycles. The van der Waals surface area contributed by atoms with Crippen LogP contribution in [0.5, 0.6) is 0 Å². The van der Waals surface area contributed by atoms with Crippen LogP contribution in [0.3, 0.4) is 0 Å². The SMILES string of the molecule is Cc1ccc2[nH]c(-c3ccc(C)s3)c(CCCCN)c2c1. The molecular formula is C18H22N2S. The fourth-order valence-corrected chi connectivity index (χ4v) is 3.74. The Labute approximate surface area is 130 Å². The maximum absolute atomic E-state index is 5.65. The molecule has 2 nitrogen and oxygen atoms in total. The molecule has 0 aliphatic heterocycles. The smallest absolute Gasteiger partial charge is 0.0598 e. The summed E-state index contributed by atoms with van der Waals surface area (Å²) in [6, 6.07) is 11.1. The van der Waals surface area contributed by atoms with Gasteiger partial charge in [0, 0.05) is 15.8 Å². The minimum atomic E-state index is 0.773. The van der Waals surface area contributed by atoms with Gasteiger partial charge in [-0.2, -0.15) is 0 Å². The second kappa shape index (κ2) is 6.04. The number of hydrogen-bond donors (Lipinski definition) is 2. The molecule has 3 aromatic rings. The Balaban J connectivity index is 2.10. The topological polar surface area (TPSA) is 41.8 Å². The van der Waals surface area contributed by atoms with E-state index >= 15 is 0 Å². The van der Waals surface area contributed by atoms with E-state index in [-0.39, 0.29) is 0 Å². The number of nitrogens with two attached hydrogens (primary N) is 1. The van der Waals surface area contributed by atoms with Gasteiger partial charge in [-0.15, -0.1) is 11.3 Å². The zero-order valence-electron chi connectivity index (χ0n) is 12.7. The Kier molecular flexibility index (Phi) is 4.13. The molecule has 3 heteroatoms. The average molecular weight is 298 g/mol. The summed E-state index contributed by atoms with van der Waals surface area (Å²) < 4.78 is 0. The minimum Gasteiger partial charge on any atom is -0.354 e. The summed E-state index contributed by atoms with van der Waals surface area (Å²) in [7, 11) is 0. The third-order valence-corrected chi connectivity index (χ3v) is 4.95. The molecule has 2 aromatic heterocycles. The molecule has 3 N–H and O–H groups in total. The number of fused-ring (bicyclic) bond motifs is 1. The van der Waals surface area contributed by atoms with E-state index in [9.17, 15) is 0 Å². The number of rotatable bonds is 5. The molecule has 1 aromatic carbocycles. The van der Waals surface area contributed by atoms with Gasteiger partial charge in [-0.1, -0.05) is 11.6 Å². The fourth-order valence-electron chi connectivity index (χ4n) is 2.85. The van der Waals surface area contributed by atoms with Crippen molar-refractivity contribution in [3.05, 3.63) is 46.3 Å². The Morgan fingerprint density at radius 2 is 1.95 bits per heavy atom. The van der Waals surface area contributed by atoms with Gasteiger partial charge < -0.3 is 10.7 Å². The standard InChI is InChI=1S/C18H22N2S/c1-12-6-8-16-15(11-12)14(5-3-4-10-19)18(20-16)17-9-7-13(2)21-17/h6-9,11,20H,3-5,10,19H2,1-2H3. The first-order chi connectivity index (χ1) is 10.2. The maximum Gasteiger partial charge on any atom is 0.0598 e. The van der Waals surface area contributed by atoms with Crippen LogP contribution < -0.4 is 5.73 Å². The maximum atomic E-state index is 5.65. The van der Waals surface area contributed by atoms with Crippen molar-refractivity contribution < 1.29 is 0 Å². The van der Waals surface area contributed by atoms with Gasteiger partial charge in [-0.05, 0) is 69.5 Å². The van der Waals surface area contributed by atoms with E-state index in [0.29, 0.717) is 0 Å². The third-order valence-electron chi connectivity index (χ3n) is 3.93. The Morgan fingerprint density at radius 3 is 2.67 bits per heavy atom. The van der Waals surface area contributed by atoms with Crippen LogP contribution in [0.2, 0.25) is 0 Å². The number of aromatic amines is 1. The van der Waals surface area contributed by atoms with Crippen LogP contribution in [-0.4, -0.2) is 11.5 Å². The quantitative estimate of drug-likeness (QED) is 0.653. The highest BCUT2D eigenvalue weighted by Crippen LogP contribution is 2.35. The second-order valence-corrected chi connectivity index (χ2v) is 6.97. The van der Waals surface area contributed by atoms with Crippen molar-refractivity contribution in [1.29, 1.82) is 0 Å². The van der Waals surface area contributed by atoms with Crippen LogP contribution in [-0.2, 0) is 6.42 Å². The van der Waals surface area contributed by atoms with Crippen molar-refractivity contribution in [1.82, 2.24) is 4.98 Å². The van der Waals surface area contributed by atoms with Crippen molar-refractivity contribution in [3.63, 3.8) is 0 Å². The van der Waals surface area contributed by atoms with Crippen molar-refractivity contribution in [2.75, 3.05) is 6.54 Å². The van der Waals surface area contributed by atoms with Gasteiger partial charge in [-0.3, -0.25) is 0 Å². The first kappa shape index (κ1) is 14.4. The van der Waals surface area contributed by atoms with E-state index in [1.165, 1.54) is 37.5 Å². The van der Waals surface area contributed by atoms with Gasteiger partial charge >= 0.3 is 0 Å². The van der Waals surface area contributed by atoms with Crippen LogP contribution in [0.15, 0.2) is 30.3 Å². The normalized spacial score (nSPS) is 11.4. The van der Waals surface area contributed by atoms with Gasteiger partial charge in [0.2, 0.25) is 0 Å². The monoisotopic (exact) mass is 298 g/mol. The van der Waals surface area contributed by atoms with E-state index in [1.54, 1.807) is 0 Å². The van der Waals surface area contributed by atoms with Gasteiger partial charge in [0.1, 0.15) is 0 Å². The molecule has 0 amide bonds. The minimum absolute atomic E-state index is 0.773. The van der Waals surface area contributed by atoms with E-state index in [1.807, 2.05) is 11.3 Å². The lowest BCUT2D eigenvalue weighted by molar-refractivity contribution is 0.748. The first-order valence-electron chi connectivity index (χ1n) is 7.57. The van der Waals surface area contributed by atoms with E-state index in [4.69, 9.17) is 5.73 Å². The number of benzene rings is 1. The summed E-state index contributed by atoms with van der Waals surface area (Å²) in [6.45, 7) is 5.09. The molecule has 0 atom stereocenters. The van der Waals surface area contributed by atoms with Crippen LogP contribution in [0.25, 0.3) is 21.5 Å². The van der Waals surface area contributed by atoms with E-state index in [2.05, 4.69) is 49.2 Å². The van der Waals surface area contributed by atoms with Gasteiger partial charge in [0.15, 0.2) is 0 Å². The number of hydrogen-bond acceptors (Lipinski definition) is 2. The van der Waals surface area contributed by atoms with Crippen LogP contribution >= 0.6 is 11.3 Å². The predicted molar refractivity (Wildman–Crippen MR) is 93.1 cm³/mol. The number of nitrogens with one attached hydrogen (secondary N) is 1. The summed E-state index contributed by atoms with van der Waals surface area (Å²) in [5.74, 6) is 0. The largest absolute Gasteiger partial charge is 0.354 e. The van der Waals surface area contributed by atoms with E-state index < -0.39 is 0 Å². The number of aryl methyl sites for hydroxylation is 3. The van der Waals surface area contributed by atoms with Crippen LogP contribution in [0, 0.1) is 13.8 Å². The zero-order valence-corrected chi connectivity index (χ0v) is 13.5. The first-order valence-corrected chi connectivity index (χ1v) is 8.39. The van der Waals surface area contributed by atoms with Crippen molar-refractivity contribution >= 4 is 22.2 Å². The molecule has 0 spiro atoms. The number of aromatic nitrogens is 1. The van der Waals surface area contributed by atoms with Crippen molar-refractivity contribution in [2.24, 2.45) is 5.73 Å². The number of unbranched alkanes of at least 4 members (excludes halogenated alkanes) is 1. The third kappa shape index (κ3) is 2.89. The highest BCUT2D eigenvalue weighted by molar-refractivity contribution is 7.15.